The van der Waals surface area contributed by atoms with Crippen LogP contribution in [-0.2, 0) is 9.53 Å². The summed E-state index contributed by atoms with van der Waals surface area (Å²) in [4.78, 5) is 24.0. The molecule has 21 heavy (non-hydrogen) atoms. The normalized spacial score (nSPS) is 17.6. The molecule has 5 nitrogen and oxygen atoms in total. The highest BCUT2D eigenvalue weighted by atomic mass is 32.1. The highest BCUT2D eigenvalue weighted by Gasteiger charge is 2.30. The zero-order valence-electron chi connectivity index (χ0n) is 11.8. The Balaban J connectivity index is 1.87. The molecule has 3 rings (SSSR count). The van der Waals surface area contributed by atoms with Crippen LogP contribution in [0.4, 0.5) is 0 Å². The average Bonchev–Trinajstić information content (AvgIpc) is 2.83. The monoisotopic (exact) mass is 302 g/mol. The van der Waals surface area contributed by atoms with E-state index in [0.29, 0.717) is 34.4 Å². The first-order valence-electron chi connectivity index (χ1n) is 6.61. The summed E-state index contributed by atoms with van der Waals surface area (Å²) in [6, 6.07) is 5.22. The summed E-state index contributed by atoms with van der Waals surface area (Å²) in [6.45, 7) is 3.97. The van der Waals surface area contributed by atoms with Crippen molar-refractivity contribution in [2.75, 3.05) is 0 Å². The fourth-order valence-electron chi connectivity index (χ4n) is 2.49. The first-order valence-corrected chi connectivity index (χ1v) is 7.39. The van der Waals surface area contributed by atoms with Gasteiger partial charge < -0.3 is 4.74 Å². The Morgan fingerprint density at radius 3 is 2.90 bits per heavy atom. The predicted octanol–water partition coefficient (Wildman–Crippen LogP) is 3.12. The third kappa shape index (κ3) is 2.85. The Bertz CT molecular complexity index is 761. The minimum Gasteiger partial charge on any atom is -0.427 e. The Morgan fingerprint density at radius 1 is 1.33 bits per heavy atom. The quantitative estimate of drug-likeness (QED) is 0.797. The molecule has 0 saturated carbocycles. The maximum absolute atomic E-state index is 12.3. The lowest BCUT2D eigenvalue weighted by molar-refractivity contribution is -0.117. The summed E-state index contributed by atoms with van der Waals surface area (Å²) in [5.41, 5.74) is 0.919. The SMILES string of the molecule is CC1(C)CC(=O)C=C(OC(=O)c2cccc3nnsc23)C1. The first kappa shape index (κ1) is 13.9. The second-order valence-corrected chi connectivity index (χ2v) is 6.67. The van der Waals surface area contributed by atoms with Gasteiger partial charge in [-0.15, -0.1) is 5.10 Å². The van der Waals surface area contributed by atoms with Gasteiger partial charge in [0.05, 0.1) is 10.3 Å². The Hall–Kier alpha value is -2.08. The number of rotatable bonds is 2. The van der Waals surface area contributed by atoms with Crippen molar-refractivity contribution in [3.63, 3.8) is 0 Å². The van der Waals surface area contributed by atoms with Gasteiger partial charge in [0, 0.05) is 18.9 Å². The molecule has 0 saturated heterocycles. The molecule has 108 valence electrons. The number of carbonyl (C=O) groups is 2. The highest BCUT2D eigenvalue weighted by molar-refractivity contribution is 7.13. The lowest BCUT2D eigenvalue weighted by atomic mass is 9.79. The lowest BCUT2D eigenvalue weighted by Gasteiger charge is -2.27. The lowest BCUT2D eigenvalue weighted by Crippen LogP contribution is -2.23. The van der Waals surface area contributed by atoms with Crippen molar-refractivity contribution in [1.82, 2.24) is 9.59 Å². The molecule has 0 amide bonds. The zero-order chi connectivity index (χ0) is 15.0. The smallest absolute Gasteiger partial charge is 0.344 e. The van der Waals surface area contributed by atoms with Crippen LogP contribution in [0.3, 0.4) is 0 Å². The van der Waals surface area contributed by atoms with Crippen molar-refractivity contribution in [3.8, 4) is 0 Å². The fraction of sp³-hybridized carbons (Fsp3) is 0.333. The first-order chi connectivity index (χ1) is 9.94. The molecule has 0 fully saturated rings. The van der Waals surface area contributed by atoms with Gasteiger partial charge in [0.15, 0.2) is 5.78 Å². The fourth-order valence-corrected chi connectivity index (χ4v) is 3.16. The number of ketones is 1. The van der Waals surface area contributed by atoms with E-state index in [1.807, 2.05) is 13.8 Å². The van der Waals surface area contributed by atoms with Crippen LogP contribution in [0.15, 0.2) is 30.0 Å². The molecule has 1 aromatic carbocycles. The van der Waals surface area contributed by atoms with Gasteiger partial charge in [-0.1, -0.05) is 24.4 Å². The predicted molar refractivity (Wildman–Crippen MR) is 78.9 cm³/mol. The maximum Gasteiger partial charge on any atom is 0.344 e. The number of nitrogens with zero attached hydrogens (tertiary/aromatic N) is 2. The van der Waals surface area contributed by atoms with E-state index >= 15 is 0 Å². The van der Waals surface area contributed by atoms with Crippen molar-refractivity contribution in [2.24, 2.45) is 5.41 Å². The van der Waals surface area contributed by atoms with Crippen molar-refractivity contribution >= 4 is 33.5 Å². The number of hydrogen-bond acceptors (Lipinski definition) is 6. The standard InChI is InChI=1S/C15H14N2O3S/c1-15(2)7-9(18)6-10(8-15)20-14(19)11-4-3-5-12-13(11)21-17-16-12/h3-6H,7-8H2,1-2H3. The molecule has 0 aliphatic heterocycles. The van der Waals surface area contributed by atoms with Gasteiger partial charge in [-0.3, -0.25) is 4.79 Å². The van der Waals surface area contributed by atoms with Gasteiger partial charge in [-0.25, -0.2) is 4.79 Å². The summed E-state index contributed by atoms with van der Waals surface area (Å²) < 4.78 is 9.95. The molecule has 1 aliphatic carbocycles. The van der Waals surface area contributed by atoms with Crippen molar-refractivity contribution in [3.05, 3.63) is 35.6 Å². The molecule has 0 spiro atoms. The Kier molecular flexibility index (Phi) is 3.33. The Morgan fingerprint density at radius 2 is 2.14 bits per heavy atom. The third-order valence-corrected chi connectivity index (χ3v) is 4.12. The minimum atomic E-state index is -0.469. The van der Waals surface area contributed by atoms with Crippen LogP contribution in [0.2, 0.25) is 0 Å². The van der Waals surface area contributed by atoms with E-state index in [9.17, 15) is 9.59 Å². The maximum atomic E-state index is 12.3. The van der Waals surface area contributed by atoms with E-state index in [1.54, 1.807) is 18.2 Å². The number of hydrogen-bond donors (Lipinski definition) is 0. The molecule has 6 heteroatoms. The second-order valence-electron chi connectivity index (χ2n) is 5.91. The van der Waals surface area contributed by atoms with Crippen LogP contribution in [-0.4, -0.2) is 21.3 Å². The van der Waals surface area contributed by atoms with Crippen molar-refractivity contribution in [1.29, 1.82) is 0 Å². The van der Waals surface area contributed by atoms with E-state index in [1.165, 1.54) is 6.08 Å². The van der Waals surface area contributed by atoms with E-state index in [-0.39, 0.29) is 11.2 Å². The molecule has 1 aromatic heterocycles. The number of aromatic nitrogens is 2. The van der Waals surface area contributed by atoms with Crippen molar-refractivity contribution < 1.29 is 14.3 Å². The largest absolute Gasteiger partial charge is 0.427 e. The zero-order valence-corrected chi connectivity index (χ0v) is 12.6. The molecular weight excluding hydrogens is 288 g/mol. The van der Waals surface area contributed by atoms with E-state index in [2.05, 4.69) is 9.59 Å². The summed E-state index contributed by atoms with van der Waals surface area (Å²) >= 11 is 1.16. The minimum absolute atomic E-state index is 0.00767. The van der Waals surface area contributed by atoms with Crippen LogP contribution in [0.25, 0.3) is 10.2 Å². The average molecular weight is 302 g/mol. The molecule has 0 unspecified atom stereocenters. The van der Waals surface area contributed by atoms with Gasteiger partial charge in [0.2, 0.25) is 0 Å². The van der Waals surface area contributed by atoms with Gasteiger partial charge in [-0.05, 0) is 29.1 Å². The molecule has 0 bridgehead atoms. The van der Waals surface area contributed by atoms with Gasteiger partial charge in [0.1, 0.15) is 11.3 Å². The highest BCUT2D eigenvalue weighted by Crippen LogP contribution is 2.34. The summed E-state index contributed by atoms with van der Waals surface area (Å²) in [5, 5.41) is 3.94. The number of allylic oxidation sites excluding steroid dienone is 2. The third-order valence-electron chi connectivity index (χ3n) is 3.35. The molecule has 2 aromatic rings. The molecule has 0 atom stereocenters. The molecule has 0 radical (unpaired) electrons. The second kappa shape index (κ2) is 5.04. The summed E-state index contributed by atoms with van der Waals surface area (Å²) in [7, 11) is 0. The number of benzene rings is 1. The van der Waals surface area contributed by atoms with E-state index in [0.717, 1.165) is 11.5 Å². The number of fused-ring (bicyclic) bond motifs is 1. The van der Waals surface area contributed by atoms with Crippen LogP contribution in [0.5, 0.6) is 0 Å². The molecular formula is C15H14N2O3S. The van der Waals surface area contributed by atoms with Crippen LogP contribution in [0.1, 0.15) is 37.0 Å². The van der Waals surface area contributed by atoms with Crippen LogP contribution in [0, 0.1) is 5.41 Å². The summed E-state index contributed by atoms with van der Waals surface area (Å²) in [5.74, 6) is -0.0501. The van der Waals surface area contributed by atoms with Crippen LogP contribution >= 0.6 is 11.5 Å². The van der Waals surface area contributed by atoms with Crippen LogP contribution < -0.4 is 0 Å². The molecule has 1 heterocycles. The topological polar surface area (TPSA) is 69.2 Å². The van der Waals surface area contributed by atoms with Gasteiger partial charge in [-0.2, -0.15) is 0 Å². The van der Waals surface area contributed by atoms with Gasteiger partial charge in [0.25, 0.3) is 0 Å². The number of esters is 1. The number of ether oxygens (including phenoxy) is 1. The number of carbonyl (C=O) groups excluding carboxylic acids is 2. The van der Waals surface area contributed by atoms with Gasteiger partial charge >= 0.3 is 5.97 Å². The summed E-state index contributed by atoms with van der Waals surface area (Å²) in [6.07, 6.45) is 2.47. The molecule has 0 N–H and O–H groups in total. The van der Waals surface area contributed by atoms with E-state index < -0.39 is 5.97 Å². The van der Waals surface area contributed by atoms with Crippen molar-refractivity contribution in [2.45, 2.75) is 26.7 Å². The Labute approximate surface area is 125 Å². The molecule has 1 aliphatic rings. The van der Waals surface area contributed by atoms with E-state index in [4.69, 9.17) is 4.74 Å².